The normalized spacial score (nSPS) is 12.2. The number of aryl methyl sites for hydroxylation is 1. The quantitative estimate of drug-likeness (QED) is 0.925. The maximum Gasteiger partial charge on any atom is 0.244 e. The third kappa shape index (κ3) is 3.17. The van der Waals surface area contributed by atoms with Gasteiger partial charge in [-0.2, -0.15) is 5.10 Å². The number of carbonyl (C=O) groups is 1. The van der Waals surface area contributed by atoms with Crippen LogP contribution in [0.1, 0.15) is 24.1 Å². The molecule has 0 spiro atoms. The molecule has 106 valence electrons. The molecule has 2 rings (SSSR count). The molecule has 0 aliphatic heterocycles. The fourth-order valence-electron chi connectivity index (χ4n) is 2.00. The van der Waals surface area contributed by atoms with Crippen molar-refractivity contribution >= 4 is 11.7 Å². The molecule has 20 heavy (non-hydrogen) atoms. The van der Waals surface area contributed by atoms with E-state index in [-0.39, 0.29) is 18.5 Å². The van der Waals surface area contributed by atoms with Crippen molar-refractivity contribution in [3.8, 4) is 0 Å². The van der Waals surface area contributed by atoms with Gasteiger partial charge >= 0.3 is 0 Å². The molecule has 0 radical (unpaired) electrons. The van der Waals surface area contributed by atoms with Crippen LogP contribution in [0.5, 0.6) is 0 Å². The molecule has 1 aromatic carbocycles. The highest BCUT2D eigenvalue weighted by molar-refractivity contribution is 5.76. The molecule has 0 saturated heterocycles. The van der Waals surface area contributed by atoms with Gasteiger partial charge < -0.3 is 10.6 Å². The average molecular weight is 272 g/mol. The molecule has 0 fully saturated rings. The number of nitrogens with zero attached hydrogens (tertiary/aromatic N) is 3. The van der Waals surface area contributed by atoms with Crippen LogP contribution in [0, 0.1) is 6.92 Å². The summed E-state index contributed by atoms with van der Waals surface area (Å²) in [4.78, 5) is 14.0. The van der Waals surface area contributed by atoms with Crippen molar-refractivity contribution in [2.45, 2.75) is 26.4 Å². The van der Waals surface area contributed by atoms with Gasteiger partial charge in [0.05, 0.1) is 6.04 Å². The average Bonchev–Trinajstić information content (AvgIpc) is 2.83. The van der Waals surface area contributed by atoms with Gasteiger partial charge in [-0.3, -0.25) is 9.48 Å². The second-order valence-corrected chi connectivity index (χ2v) is 5.03. The van der Waals surface area contributed by atoms with Gasteiger partial charge in [-0.05, 0) is 25.5 Å². The van der Waals surface area contributed by atoms with Crippen LogP contribution >= 0.6 is 0 Å². The van der Waals surface area contributed by atoms with Crippen LogP contribution in [0.3, 0.4) is 0 Å². The lowest BCUT2D eigenvalue weighted by Gasteiger charge is -2.25. The number of carbonyl (C=O) groups excluding carboxylic acids is 1. The Hall–Kier alpha value is -2.30. The summed E-state index contributed by atoms with van der Waals surface area (Å²) in [7, 11) is 1.81. The minimum absolute atomic E-state index is 0.00109. The highest BCUT2D eigenvalue weighted by atomic mass is 16.2. The van der Waals surface area contributed by atoms with Crippen molar-refractivity contribution in [1.82, 2.24) is 14.7 Å². The minimum atomic E-state index is 0.00109. The summed E-state index contributed by atoms with van der Waals surface area (Å²) in [6.07, 6.45) is 1.71. The number of likely N-dealkylation sites (N-methyl/N-ethyl adjacent to an activating group) is 1. The van der Waals surface area contributed by atoms with Crippen molar-refractivity contribution in [3.05, 3.63) is 47.7 Å². The number of nitrogen functional groups attached to an aromatic ring is 1. The zero-order valence-corrected chi connectivity index (χ0v) is 12.1. The van der Waals surface area contributed by atoms with E-state index in [0.29, 0.717) is 5.82 Å². The van der Waals surface area contributed by atoms with E-state index in [9.17, 15) is 4.79 Å². The first-order valence-electron chi connectivity index (χ1n) is 6.58. The lowest BCUT2D eigenvalue weighted by Crippen LogP contribution is -2.32. The molecule has 0 saturated carbocycles. The third-order valence-electron chi connectivity index (χ3n) is 3.49. The molecule has 1 atom stereocenters. The molecule has 1 amide bonds. The van der Waals surface area contributed by atoms with Crippen LogP contribution in [-0.2, 0) is 11.3 Å². The number of amides is 1. The highest BCUT2D eigenvalue weighted by Crippen LogP contribution is 2.19. The Bertz CT molecular complexity index is 588. The molecule has 0 aliphatic rings. The smallest absolute Gasteiger partial charge is 0.244 e. The van der Waals surface area contributed by atoms with E-state index in [4.69, 9.17) is 5.73 Å². The molecule has 1 aromatic heterocycles. The first-order valence-corrected chi connectivity index (χ1v) is 6.58. The van der Waals surface area contributed by atoms with Gasteiger partial charge in [0.1, 0.15) is 12.4 Å². The molecular weight excluding hydrogens is 252 g/mol. The van der Waals surface area contributed by atoms with Crippen LogP contribution in [0.15, 0.2) is 36.5 Å². The van der Waals surface area contributed by atoms with Gasteiger partial charge in [0.25, 0.3) is 0 Å². The van der Waals surface area contributed by atoms with Gasteiger partial charge in [0.2, 0.25) is 5.91 Å². The first kappa shape index (κ1) is 14.1. The van der Waals surface area contributed by atoms with E-state index in [1.54, 1.807) is 28.9 Å². The van der Waals surface area contributed by atoms with Gasteiger partial charge in [0, 0.05) is 13.2 Å². The van der Waals surface area contributed by atoms with Crippen LogP contribution < -0.4 is 5.73 Å². The third-order valence-corrected chi connectivity index (χ3v) is 3.49. The molecular formula is C15H20N4O. The van der Waals surface area contributed by atoms with E-state index in [2.05, 4.69) is 29.4 Å². The lowest BCUT2D eigenvalue weighted by molar-refractivity contribution is -0.132. The molecule has 5 nitrogen and oxygen atoms in total. The van der Waals surface area contributed by atoms with Gasteiger partial charge in [0.15, 0.2) is 0 Å². The SMILES string of the molecule is Cc1ccc(C(C)N(C)C(=O)Cn2ccc(N)n2)cc1. The molecule has 1 unspecified atom stereocenters. The van der Waals surface area contributed by atoms with Crippen molar-refractivity contribution < 1.29 is 4.79 Å². The number of benzene rings is 1. The zero-order chi connectivity index (χ0) is 14.7. The Labute approximate surface area is 119 Å². The van der Waals surface area contributed by atoms with Crippen LogP contribution in [0.25, 0.3) is 0 Å². The molecule has 5 heteroatoms. The van der Waals surface area contributed by atoms with Gasteiger partial charge in [-0.1, -0.05) is 29.8 Å². The summed E-state index contributed by atoms with van der Waals surface area (Å²) in [6, 6.07) is 9.91. The van der Waals surface area contributed by atoms with Gasteiger partial charge in [-0.25, -0.2) is 0 Å². The Morgan fingerprint density at radius 1 is 1.35 bits per heavy atom. The van der Waals surface area contributed by atoms with Crippen LogP contribution in [-0.4, -0.2) is 27.6 Å². The molecule has 0 bridgehead atoms. The van der Waals surface area contributed by atoms with E-state index in [1.807, 2.05) is 13.8 Å². The fraction of sp³-hybridized carbons (Fsp3) is 0.333. The molecule has 0 aliphatic carbocycles. The van der Waals surface area contributed by atoms with E-state index in [1.165, 1.54) is 5.56 Å². The van der Waals surface area contributed by atoms with Crippen molar-refractivity contribution in [2.24, 2.45) is 0 Å². The van der Waals surface area contributed by atoms with E-state index < -0.39 is 0 Å². The number of hydrogen-bond donors (Lipinski definition) is 1. The van der Waals surface area contributed by atoms with E-state index in [0.717, 1.165) is 5.56 Å². The molecule has 2 aromatic rings. The van der Waals surface area contributed by atoms with Crippen LogP contribution in [0.2, 0.25) is 0 Å². The second kappa shape index (κ2) is 5.77. The second-order valence-electron chi connectivity index (χ2n) is 5.03. The maximum atomic E-state index is 12.2. The molecule has 2 N–H and O–H groups in total. The van der Waals surface area contributed by atoms with E-state index >= 15 is 0 Å². The van der Waals surface area contributed by atoms with Crippen molar-refractivity contribution in [2.75, 3.05) is 12.8 Å². The van der Waals surface area contributed by atoms with Crippen molar-refractivity contribution in [1.29, 1.82) is 0 Å². The number of aromatic nitrogens is 2. The fourth-order valence-corrected chi connectivity index (χ4v) is 2.00. The lowest BCUT2D eigenvalue weighted by atomic mass is 10.1. The van der Waals surface area contributed by atoms with Crippen molar-refractivity contribution in [3.63, 3.8) is 0 Å². The predicted octanol–water partition coefficient (Wildman–Crippen LogP) is 1.99. The Balaban J connectivity index is 2.04. The summed E-state index contributed by atoms with van der Waals surface area (Å²) < 4.78 is 1.55. The number of anilines is 1. The monoisotopic (exact) mass is 272 g/mol. The summed E-state index contributed by atoms with van der Waals surface area (Å²) >= 11 is 0. The largest absolute Gasteiger partial charge is 0.382 e. The van der Waals surface area contributed by atoms with Crippen LogP contribution in [0.4, 0.5) is 5.82 Å². The summed E-state index contributed by atoms with van der Waals surface area (Å²) in [5.41, 5.74) is 7.87. The zero-order valence-electron chi connectivity index (χ0n) is 12.1. The first-order chi connectivity index (χ1) is 9.47. The maximum absolute atomic E-state index is 12.2. The topological polar surface area (TPSA) is 64.2 Å². The number of nitrogens with two attached hydrogens (primary N) is 1. The Morgan fingerprint density at radius 2 is 2.00 bits per heavy atom. The predicted molar refractivity (Wildman–Crippen MR) is 79.0 cm³/mol. The highest BCUT2D eigenvalue weighted by Gasteiger charge is 2.17. The standard InChI is InChI=1S/C15H20N4O/c1-11-4-6-13(7-5-11)12(2)18(3)15(20)10-19-9-8-14(16)17-19/h4-9,12H,10H2,1-3H3,(H2,16,17). The van der Waals surface area contributed by atoms with Gasteiger partial charge in [-0.15, -0.1) is 0 Å². The number of hydrogen-bond acceptors (Lipinski definition) is 3. The Morgan fingerprint density at radius 3 is 2.55 bits per heavy atom. The Kier molecular flexibility index (Phi) is 4.08. The summed E-state index contributed by atoms with van der Waals surface area (Å²) in [6.45, 7) is 4.26. The molecule has 1 heterocycles. The summed E-state index contributed by atoms with van der Waals surface area (Å²) in [5.74, 6) is 0.424. The minimum Gasteiger partial charge on any atom is -0.382 e. The summed E-state index contributed by atoms with van der Waals surface area (Å²) in [5, 5.41) is 4.02. The number of rotatable bonds is 4.